The molecular formula is C18H21FN4O. The molecule has 0 aliphatic rings. The van der Waals surface area contributed by atoms with Crippen molar-refractivity contribution in [3.8, 4) is 5.75 Å². The molecule has 6 heteroatoms. The second-order valence-corrected chi connectivity index (χ2v) is 4.92. The molecule has 1 aromatic carbocycles. The molecule has 1 aromatic heterocycles. The number of guanidine groups is 1. The normalized spacial score (nSPS) is 11.0. The first-order valence-corrected chi connectivity index (χ1v) is 7.60. The number of rotatable bonds is 7. The highest BCUT2D eigenvalue weighted by Crippen LogP contribution is 2.17. The first kappa shape index (κ1) is 17.5. The Hall–Kier alpha value is -2.89. The second-order valence-electron chi connectivity index (χ2n) is 4.92. The lowest BCUT2D eigenvalue weighted by Crippen LogP contribution is -2.36. The van der Waals surface area contributed by atoms with E-state index in [1.54, 1.807) is 25.4 Å². The van der Waals surface area contributed by atoms with Crippen molar-refractivity contribution in [1.29, 1.82) is 0 Å². The molecule has 2 aromatic rings. The number of nitrogens with one attached hydrogen (secondary N) is 2. The van der Waals surface area contributed by atoms with Crippen LogP contribution in [0.2, 0.25) is 0 Å². The lowest BCUT2D eigenvalue weighted by Gasteiger charge is -2.14. The molecule has 126 valence electrons. The van der Waals surface area contributed by atoms with E-state index in [4.69, 9.17) is 4.74 Å². The Morgan fingerprint density at radius 1 is 1.25 bits per heavy atom. The molecule has 2 rings (SSSR count). The first-order valence-electron chi connectivity index (χ1n) is 7.60. The fourth-order valence-electron chi connectivity index (χ4n) is 2.05. The van der Waals surface area contributed by atoms with Crippen molar-refractivity contribution in [2.24, 2.45) is 4.99 Å². The highest BCUT2D eigenvalue weighted by atomic mass is 19.1. The number of aromatic nitrogens is 1. The van der Waals surface area contributed by atoms with Gasteiger partial charge in [0.05, 0.1) is 12.2 Å². The van der Waals surface area contributed by atoms with Crippen molar-refractivity contribution in [1.82, 2.24) is 15.6 Å². The van der Waals surface area contributed by atoms with Crippen LogP contribution in [-0.2, 0) is 13.1 Å². The van der Waals surface area contributed by atoms with Crippen LogP contribution in [0.5, 0.6) is 5.75 Å². The van der Waals surface area contributed by atoms with E-state index in [9.17, 15) is 4.39 Å². The van der Waals surface area contributed by atoms with Gasteiger partial charge >= 0.3 is 0 Å². The van der Waals surface area contributed by atoms with E-state index >= 15 is 0 Å². The largest absolute Gasteiger partial charge is 0.489 e. The quantitative estimate of drug-likeness (QED) is 0.466. The number of hydrogen-bond donors (Lipinski definition) is 2. The van der Waals surface area contributed by atoms with Crippen LogP contribution >= 0.6 is 0 Å². The molecule has 0 radical (unpaired) electrons. The number of pyridine rings is 1. The van der Waals surface area contributed by atoms with Crippen LogP contribution in [0.1, 0.15) is 11.3 Å². The van der Waals surface area contributed by atoms with Gasteiger partial charge in [-0.15, -0.1) is 0 Å². The SMILES string of the molecule is C=CCOc1ccccc1CNC(=NC)NCc1ncccc1F. The number of hydrogen-bond acceptors (Lipinski definition) is 3. The lowest BCUT2D eigenvalue weighted by atomic mass is 10.2. The lowest BCUT2D eigenvalue weighted by molar-refractivity contribution is 0.358. The Morgan fingerprint density at radius 2 is 2.04 bits per heavy atom. The molecule has 0 saturated heterocycles. The zero-order valence-electron chi connectivity index (χ0n) is 13.6. The number of para-hydroxylation sites is 1. The number of halogens is 1. The van der Waals surface area contributed by atoms with Gasteiger partial charge in [-0.2, -0.15) is 0 Å². The average Bonchev–Trinajstić information content (AvgIpc) is 2.62. The summed E-state index contributed by atoms with van der Waals surface area (Å²) in [5.74, 6) is 0.998. The van der Waals surface area contributed by atoms with E-state index in [1.165, 1.54) is 6.07 Å². The summed E-state index contributed by atoms with van der Waals surface area (Å²) in [6.07, 6.45) is 3.26. The predicted molar refractivity (Wildman–Crippen MR) is 93.4 cm³/mol. The molecule has 0 aliphatic carbocycles. The van der Waals surface area contributed by atoms with Gasteiger partial charge in [0.1, 0.15) is 18.2 Å². The molecule has 0 fully saturated rings. The minimum Gasteiger partial charge on any atom is -0.489 e. The summed E-state index contributed by atoms with van der Waals surface area (Å²) in [6, 6.07) is 10.7. The number of nitrogens with zero attached hydrogens (tertiary/aromatic N) is 2. The van der Waals surface area contributed by atoms with Crippen molar-refractivity contribution in [2.75, 3.05) is 13.7 Å². The van der Waals surface area contributed by atoms with Crippen molar-refractivity contribution in [3.63, 3.8) is 0 Å². The average molecular weight is 328 g/mol. The van der Waals surface area contributed by atoms with Crippen molar-refractivity contribution in [2.45, 2.75) is 13.1 Å². The maximum atomic E-state index is 13.6. The smallest absolute Gasteiger partial charge is 0.191 e. The maximum Gasteiger partial charge on any atom is 0.191 e. The molecule has 5 nitrogen and oxygen atoms in total. The fourth-order valence-corrected chi connectivity index (χ4v) is 2.05. The van der Waals surface area contributed by atoms with Gasteiger partial charge in [0.2, 0.25) is 0 Å². The zero-order chi connectivity index (χ0) is 17.2. The number of aliphatic imine (C=N–C) groups is 1. The molecule has 0 amide bonds. The van der Waals surface area contributed by atoms with E-state index in [-0.39, 0.29) is 12.4 Å². The predicted octanol–water partition coefficient (Wildman–Crippen LogP) is 2.65. The third kappa shape index (κ3) is 5.08. The molecule has 0 unspecified atom stereocenters. The minimum atomic E-state index is -0.344. The molecule has 0 atom stereocenters. The molecular weight excluding hydrogens is 307 g/mol. The summed E-state index contributed by atoms with van der Waals surface area (Å²) in [4.78, 5) is 8.13. The Labute approximate surface area is 141 Å². The molecule has 1 heterocycles. The van der Waals surface area contributed by atoms with Gasteiger partial charge in [0.25, 0.3) is 0 Å². The van der Waals surface area contributed by atoms with Gasteiger partial charge in [-0.05, 0) is 18.2 Å². The molecule has 0 aliphatic heterocycles. The highest BCUT2D eigenvalue weighted by molar-refractivity contribution is 5.79. The van der Waals surface area contributed by atoms with Crippen LogP contribution in [0, 0.1) is 5.82 Å². The Morgan fingerprint density at radius 3 is 2.79 bits per heavy atom. The molecule has 24 heavy (non-hydrogen) atoms. The Bertz CT molecular complexity index is 703. The van der Waals surface area contributed by atoms with Crippen molar-refractivity contribution in [3.05, 3.63) is 72.3 Å². The molecule has 0 saturated carbocycles. The second kappa shape index (κ2) is 9.29. The summed E-state index contributed by atoms with van der Waals surface area (Å²) in [5.41, 5.74) is 1.33. The summed E-state index contributed by atoms with van der Waals surface area (Å²) >= 11 is 0. The standard InChI is InChI=1S/C18H21FN4O/c1-3-11-24-17-9-5-4-7-14(17)12-22-18(20-2)23-13-16-15(19)8-6-10-21-16/h3-10H,1,11-13H2,2H3,(H2,20,22,23). The van der Waals surface area contributed by atoms with Crippen LogP contribution < -0.4 is 15.4 Å². The molecule has 0 bridgehead atoms. The number of ether oxygens (including phenoxy) is 1. The van der Waals surface area contributed by atoms with Crippen LogP contribution in [0.15, 0.2) is 60.2 Å². The van der Waals surface area contributed by atoms with Gasteiger partial charge < -0.3 is 15.4 Å². The summed E-state index contributed by atoms with van der Waals surface area (Å²) < 4.78 is 19.2. The van der Waals surface area contributed by atoms with Crippen molar-refractivity contribution >= 4 is 5.96 Å². The van der Waals surface area contributed by atoms with Crippen LogP contribution in [0.25, 0.3) is 0 Å². The maximum absolute atomic E-state index is 13.6. The topological polar surface area (TPSA) is 58.5 Å². The summed E-state index contributed by atoms with van der Waals surface area (Å²) in [5, 5.41) is 6.21. The van der Waals surface area contributed by atoms with Crippen molar-refractivity contribution < 1.29 is 9.13 Å². The van der Waals surface area contributed by atoms with E-state index in [1.807, 2.05) is 24.3 Å². The van der Waals surface area contributed by atoms with Crippen LogP contribution in [-0.4, -0.2) is 24.6 Å². The third-order valence-electron chi connectivity index (χ3n) is 3.26. The fraction of sp³-hybridized carbons (Fsp3) is 0.222. The van der Waals surface area contributed by atoms with E-state index in [2.05, 4.69) is 27.2 Å². The Kier molecular flexibility index (Phi) is 6.76. The van der Waals surface area contributed by atoms with E-state index in [0.29, 0.717) is 24.8 Å². The van der Waals surface area contributed by atoms with Gasteiger partial charge in [0.15, 0.2) is 5.96 Å². The molecule has 2 N–H and O–H groups in total. The summed E-state index contributed by atoms with van der Waals surface area (Å²) in [6.45, 7) is 4.87. The minimum absolute atomic E-state index is 0.251. The highest BCUT2D eigenvalue weighted by Gasteiger charge is 2.06. The van der Waals surface area contributed by atoms with Gasteiger partial charge in [-0.1, -0.05) is 30.9 Å². The first-order chi connectivity index (χ1) is 11.7. The number of benzene rings is 1. The van der Waals surface area contributed by atoms with Crippen LogP contribution in [0.4, 0.5) is 4.39 Å². The Balaban J connectivity index is 1.92. The van der Waals surface area contributed by atoms with Gasteiger partial charge in [0, 0.05) is 25.4 Å². The molecule has 0 spiro atoms. The van der Waals surface area contributed by atoms with Gasteiger partial charge in [-0.25, -0.2) is 4.39 Å². The third-order valence-corrected chi connectivity index (χ3v) is 3.26. The van der Waals surface area contributed by atoms with Gasteiger partial charge in [-0.3, -0.25) is 9.98 Å². The van der Waals surface area contributed by atoms with Crippen LogP contribution in [0.3, 0.4) is 0 Å². The van der Waals surface area contributed by atoms with E-state index < -0.39 is 0 Å². The van der Waals surface area contributed by atoms with E-state index in [0.717, 1.165) is 11.3 Å². The zero-order valence-corrected chi connectivity index (χ0v) is 13.6. The summed E-state index contributed by atoms with van der Waals surface area (Å²) in [7, 11) is 1.66. The monoisotopic (exact) mass is 328 g/mol.